The van der Waals surface area contributed by atoms with E-state index in [1.807, 2.05) is 12.1 Å². The minimum Gasteiger partial charge on any atom is -0.349 e. The monoisotopic (exact) mass is 374 g/mol. The van der Waals surface area contributed by atoms with E-state index in [0.717, 1.165) is 12.8 Å². The van der Waals surface area contributed by atoms with Crippen LogP contribution in [0.1, 0.15) is 23.6 Å². The zero-order valence-corrected chi connectivity index (χ0v) is 15.2. The molecule has 2 amide bonds. The Morgan fingerprint density at radius 2 is 1.76 bits per heavy atom. The third-order valence-electron chi connectivity index (χ3n) is 4.06. The van der Waals surface area contributed by atoms with Crippen LogP contribution in [0, 0.1) is 0 Å². The van der Waals surface area contributed by atoms with E-state index in [2.05, 4.69) is 22.8 Å². The summed E-state index contributed by atoms with van der Waals surface area (Å²) >= 11 is 7.11. The standard InChI is InChI=1S/C19H19ClN2O2S/c20-14-6-8-15(9-7-14)21-18(23)11-25-12-19(24)22-17-10-5-13-3-1-2-4-16(13)17/h1-4,6-9,17H,5,10-12H2,(H,21,23)(H,22,24). The first-order valence-corrected chi connectivity index (χ1v) is 9.65. The molecular formula is C19H19ClN2O2S. The molecule has 0 saturated carbocycles. The average Bonchev–Trinajstić information content (AvgIpc) is 3.00. The highest BCUT2D eigenvalue weighted by Crippen LogP contribution is 2.30. The van der Waals surface area contributed by atoms with Crippen LogP contribution in [-0.4, -0.2) is 23.3 Å². The number of benzene rings is 2. The van der Waals surface area contributed by atoms with Crippen molar-refractivity contribution in [1.82, 2.24) is 5.32 Å². The van der Waals surface area contributed by atoms with Crippen molar-refractivity contribution in [3.63, 3.8) is 0 Å². The van der Waals surface area contributed by atoms with Crippen LogP contribution in [0.3, 0.4) is 0 Å². The number of carbonyl (C=O) groups excluding carboxylic acids is 2. The smallest absolute Gasteiger partial charge is 0.234 e. The molecule has 0 bridgehead atoms. The predicted molar refractivity (Wildman–Crippen MR) is 103 cm³/mol. The van der Waals surface area contributed by atoms with Gasteiger partial charge >= 0.3 is 0 Å². The van der Waals surface area contributed by atoms with Crippen molar-refractivity contribution in [1.29, 1.82) is 0 Å². The number of thioether (sulfide) groups is 1. The second kappa shape index (κ2) is 8.41. The zero-order valence-electron chi connectivity index (χ0n) is 13.6. The first kappa shape index (κ1) is 17.8. The molecule has 0 spiro atoms. The van der Waals surface area contributed by atoms with Crippen molar-refractivity contribution in [2.75, 3.05) is 16.8 Å². The van der Waals surface area contributed by atoms with Crippen molar-refractivity contribution in [2.45, 2.75) is 18.9 Å². The minimum atomic E-state index is -0.133. The van der Waals surface area contributed by atoms with Crippen molar-refractivity contribution in [2.24, 2.45) is 0 Å². The second-order valence-electron chi connectivity index (χ2n) is 5.91. The molecular weight excluding hydrogens is 356 g/mol. The van der Waals surface area contributed by atoms with Gasteiger partial charge in [0, 0.05) is 10.7 Å². The fourth-order valence-corrected chi connectivity index (χ4v) is 3.66. The van der Waals surface area contributed by atoms with E-state index in [0.29, 0.717) is 10.7 Å². The van der Waals surface area contributed by atoms with Crippen LogP contribution in [0.25, 0.3) is 0 Å². The molecule has 0 fully saturated rings. The van der Waals surface area contributed by atoms with E-state index in [-0.39, 0.29) is 29.4 Å². The Hall–Kier alpha value is -1.98. The van der Waals surface area contributed by atoms with Gasteiger partial charge in [-0.15, -0.1) is 11.8 Å². The van der Waals surface area contributed by atoms with E-state index in [1.165, 1.54) is 22.9 Å². The third-order valence-corrected chi connectivity index (χ3v) is 5.25. The van der Waals surface area contributed by atoms with Gasteiger partial charge < -0.3 is 10.6 Å². The Balaban J connectivity index is 1.39. The van der Waals surface area contributed by atoms with Gasteiger partial charge in [-0.2, -0.15) is 0 Å². The number of rotatable bonds is 6. The Kier molecular flexibility index (Phi) is 6.00. The molecule has 1 atom stereocenters. The first-order valence-electron chi connectivity index (χ1n) is 8.12. The van der Waals surface area contributed by atoms with Crippen LogP contribution in [0.15, 0.2) is 48.5 Å². The summed E-state index contributed by atoms with van der Waals surface area (Å²) in [6.07, 6.45) is 1.94. The topological polar surface area (TPSA) is 58.2 Å². The lowest BCUT2D eigenvalue weighted by molar-refractivity contribution is -0.119. The SMILES string of the molecule is O=C(CSCC(=O)NC1CCc2ccccc21)Nc1ccc(Cl)cc1. The second-order valence-corrected chi connectivity index (χ2v) is 7.33. The fraction of sp³-hybridized carbons (Fsp3) is 0.263. The summed E-state index contributed by atoms with van der Waals surface area (Å²) in [6.45, 7) is 0. The zero-order chi connectivity index (χ0) is 17.6. The Morgan fingerprint density at radius 3 is 2.56 bits per heavy atom. The molecule has 2 N–H and O–H groups in total. The van der Waals surface area contributed by atoms with Gasteiger partial charge in [0.2, 0.25) is 11.8 Å². The molecule has 1 aliphatic rings. The summed E-state index contributed by atoms with van der Waals surface area (Å²) < 4.78 is 0. The number of amides is 2. The Labute approximate surface area is 156 Å². The lowest BCUT2D eigenvalue weighted by Gasteiger charge is -2.14. The number of halogens is 1. The number of hydrogen-bond donors (Lipinski definition) is 2. The highest BCUT2D eigenvalue weighted by Gasteiger charge is 2.23. The minimum absolute atomic E-state index is 0.0361. The summed E-state index contributed by atoms with van der Waals surface area (Å²) in [6, 6.07) is 15.2. The molecule has 1 unspecified atom stereocenters. The number of hydrogen-bond acceptors (Lipinski definition) is 3. The number of aryl methyl sites for hydroxylation is 1. The molecule has 0 aliphatic heterocycles. The summed E-state index contributed by atoms with van der Waals surface area (Å²) in [4.78, 5) is 24.0. The van der Waals surface area contributed by atoms with Gasteiger partial charge in [0.05, 0.1) is 17.5 Å². The van der Waals surface area contributed by atoms with E-state index in [1.54, 1.807) is 24.3 Å². The van der Waals surface area contributed by atoms with Crippen LogP contribution in [0.5, 0.6) is 0 Å². The molecule has 2 aromatic rings. The molecule has 2 aromatic carbocycles. The van der Waals surface area contributed by atoms with Crippen LogP contribution >= 0.6 is 23.4 Å². The number of fused-ring (bicyclic) bond motifs is 1. The molecule has 0 aromatic heterocycles. The molecule has 0 radical (unpaired) electrons. The number of carbonyl (C=O) groups is 2. The van der Waals surface area contributed by atoms with Crippen molar-refractivity contribution >= 4 is 40.9 Å². The van der Waals surface area contributed by atoms with Crippen molar-refractivity contribution in [3.05, 3.63) is 64.7 Å². The molecule has 130 valence electrons. The van der Waals surface area contributed by atoms with E-state index in [9.17, 15) is 9.59 Å². The quantitative estimate of drug-likeness (QED) is 0.808. The fourth-order valence-electron chi connectivity index (χ4n) is 2.91. The van der Waals surface area contributed by atoms with Crippen LogP contribution in [0.2, 0.25) is 5.02 Å². The average molecular weight is 375 g/mol. The first-order chi connectivity index (χ1) is 12.1. The van der Waals surface area contributed by atoms with E-state index < -0.39 is 0 Å². The molecule has 1 aliphatic carbocycles. The van der Waals surface area contributed by atoms with Gasteiger partial charge in [-0.3, -0.25) is 9.59 Å². The molecule has 6 heteroatoms. The number of anilines is 1. The Bertz CT molecular complexity index is 764. The van der Waals surface area contributed by atoms with Crippen molar-refractivity contribution in [3.8, 4) is 0 Å². The largest absolute Gasteiger partial charge is 0.349 e. The van der Waals surface area contributed by atoms with Gasteiger partial charge in [0.1, 0.15) is 0 Å². The maximum atomic E-state index is 12.1. The maximum Gasteiger partial charge on any atom is 0.234 e. The number of nitrogens with one attached hydrogen (secondary N) is 2. The summed E-state index contributed by atoms with van der Waals surface area (Å²) in [5.41, 5.74) is 3.21. The van der Waals surface area contributed by atoms with E-state index in [4.69, 9.17) is 11.6 Å². The highest BCUT2D eigenvalue weighted by atomic mass is 35.5. The lowest BCUT2D eigenvalue weighted by Crippen LogP contribution is -2.29. The van der Waals surface area contributed by atoms with Gasteiger partial charge in [-0.05, 0) is 48.2 Å². The highest BCUT2D eigenvalue weighted by molar-refractivity contribution is 8.00. The summed E-state index contributed by atoms with van der Waals surface area (Å²) in [5.74, 6) is 0.335. The van der Waals surface area contributed by atoms with Crippen LogP contribution < -0.4 is 10.6 Å². The maximum absolute atomic E-state index is 12.1. The van der Waals surface area contributed by atoms with Gasteiger partial charge in [0.25, 0.3) is 0 Å². The molecule has 25 heavy (non-hydrogen) atoms. The van der Waals surface area contributed by atoms with Gasteiger partial charge in [-0.25, -0.2) is 0 Å². The van der Waals surface area contributed by atoms with Crippen LogP contribution in [-0.2, 0) is 16.0 Å². The molecule has 4 nitrogen and oxygen atoms in total. The van der Waals surface area contributed by atoms with E-state index >= 15 is 0 Å². The van der Waals surface area contributed by atoms with Gasteiger partial charge in [0.15, 0.2) is 0 Å². The predicted octanol–water partition coefficient (Wildman–Crippen LogP) is 3.82. The van der Waals surface area contributed by atoms with Crippen molar-refractivity contribution < 1.29 is 9.59 Å². The lowest BCUT2D eigenvalue weighted by atomic mass is 10.1. The normalized spacial score (nSPS) is 15.5. The molecule has 3 rings (SSSR count). The molecule has 0 saturated heterocycles. The third kappa shape index (κ3) is 5.00. The van der Waals surface area contributed by atoms with Crippen LogP contribution in [0.4, 0.5) is 5.69 Å². The summed E-state index contributed by atoms with van der Waals surface area (Å²) in [7, 11) is 0. The summed E-state index contributed by atoms with van der Waals surface area (Å²) in [5, 5.41) is 6.46. The van der Waals surface area contributed by atoms with Gasteiger partial charge in [-0.1, -0.05) is 35.9 Å². The Morgan fingerprint density at radius 1 is 1.04 bits per heavy atom. The molecule has 0 heterocycles.